The quantitative estimate of drug-likeness (QED) is 0.269. The van der Waals surface area contributed by atoms with Gasteiger partial charge in [-0.15, -0.1) is 5.10 Å². The highest BCUT2D eigenvalue weighted by atomic mass is 79.9. The summed E-state index contributed by atoms with van der Waals surface area (Å²) in [4.78, 5) is 72.6. The van der Waals surface area contributed by atoms with Gasteiger partial charge in [-0.05, 0) is 36.7 Å². The molecule has 0 radical (unpaired) electrons. The van der Waals surface area contributed by atoms with Gasteiger partial charge in [0.15, 0.2) is 24.5 Å². The second-order valence-electron chi connectivity index (χ2n) is 10.3. The number of methoxy groups -OCH3 is 1. The molecule has 240 valence electrons. The predicted octanol–water partition coefficient (Wildman–Crippen LogP) is 0.905. The molecule has 0 saturated carbocycles. The van der Waals surface area contributed by atoms with E-state index in [0.29, 0.717) is 0 Å². The van der Waals surface area contributed by atoms with Crippen molar-refractivity contribution in [2.45, 2.75) is 97.2 Å². The number of carbonyl (C=O) groups excluding carboxylic acids is 6. The van der Waals surface area contributed by atoms with Crippen molar-refractivity contribution >= 4 is 51.9 Å². The molecule has 17 nitrogen and oxygen atoms in total. The predicted molar refractivity (Wildman–Crippen MR) is 144 cm³/mol. The van der Waals surface area contributed by atoms with Gasteiger partial charge in [0, 0.05) is 34.1 Å². The van der Waals surface area contributed by atoms with Gasteiger partial charge >= 0.3 is 35.9 Å². The lowest BCUT2D eigenvalue weighted by Crippen LogP contribution is -2.60. The van der Waals surface area contributed by atoms with Crippen LogP contribution in [-0.2, 0) is 63.6 Å². The Morgan fingerprint density at radius 2 is 1.49 bits per heavy atom. The molecule has 43 heavy (non-hydrogen) atoms. The highest BCUT2D eigenvalue weighted by molar-refractivity contribution is 9.10. The first-order chi connectivity index (χ1) is 19.9. The second-order valence-corrected chi connectivity index (χ2v) is 11.0. The summed E-state index contributed by atoms with van der Waals surface area (Å²) in [5.41, 5.74) is -0.719. The van der Waals surface area contributed by atoms with Crippen molar-refractivity contribution in [1.82, 2.24) is 20.3 Å². The van der Waals surface area contributed by atoms with Crippen LogP contribution >= 0.6 is 15.9 Å². The average molecular weight is 679 g/mol. The van der Waals surface area contributed by atoms with E-state index >= 15 is 0 Å². The van der Waals surface area contributed by atoms with Crippen molar-refractivity contribution in [3.8, 4) is 0 Å². The van der Waals surface area contributed by atoms with Gasteiger partial charge in [-0.2, -0.15) is 0 Å². The smallest absolute Gasteiger partial charge is 0.408 e. The molecule has 2 rings (SSSR count). The van der Waals surface area contributed by atoms with Gasteiger partial charge in [-0.3, -0.25) is 19.2 Å². The van der Waals surface area contributed by atoms with Gasteiger partial charge in [0.25, 0.3) is 0 Å². The van der Waals surface area contributed by atoms with E-state index in [4.69, 9.17) is 33.2 Å². The molecule has 0 spiro atoms. The topological polar surface area (TPSA) is 210 Å². The Kier molecular flexibility index (Phi) is 12.4. The van der Waals surface area contributed by atoms with Crippen LogP contribution in [0.2, 0.25) is 0 Å². The second kappa shape index (κ2) is 15.1. The first-order valence-electron chi connectivity index (χ1n) is 12.9. The number of nitrogens with one attached hydrogen (secondary N) is 1. The number of aromatic nitrogens is 3. The number of ether oxygens (including phenoxy) is 7. The first kappa shape index (κ1) is 35.4. The molecule has 3 unspecified atom stereocenters. The molecule has 0 bridgehead atoms. The van der Waals surface area contributed by atoms with Crippen LogP contribution < -0.4 is 5.32 Å². The number of hydrogen-bond donors (Lipinski definition) is 1. The zero-order valence-electron chi connectivity index (χ0n) is 24.9. The van der Waals surface area contributed by atoms with Crippen molar-refractivity contribution in [2.75, 3.05) is 13.7 Å². The summed E-state index contributed by atoms with van der Waals surface area (Å²) in [6.07, 6.45) is -8.02. The number of carbonyl (C=O) groups is 6. The molecular weight excluding hydrogens is 644 g/mol. The fourth-order valence-electron chi connectivity index (χ4n) is 3.98. The van der Waals surface area contributed by atoms with Crippen molar-refractivity contribution < 1.29 is 61.9 Å². The number of amides is 1. The van der Waals surface area contributed by atoms with E-state index in [1.165, 1.54) is 0 Å². The Morgan fingerprint density at radius 1 is 0.930 bits per heavy atom. The molecule has 0 aromatic carbocycles. The first-order valence-corrected chi connectivity index (χ1v) is 13.7. The fraction of sp³-hybridized carbons (Fsp3) is 0.680. The maximum atomic E-state index is 12.5. The molecule has 1 saturated heterocycles. The lowest BCUT2D eigenvalue weighted by Gasteiger charge is -2.44. The Bertz CT molecular complexity index is 1210. The monoisotopic (exact) mass is 678 g/mol. The molecule has 0 aliphatic carbocycles. The summed E-state index contributed by atoms with van der Waals surface area (Å²) in [5.74, 6) is -3.88. The number of esters is 5. The van der Waals surface area contributed by atoms with Crippen molar-refractivity contribution in [3.05, 3.63) is 10.3 Å². The average Bonchev–Trinajstić information content (AvgIpc) is 3.22. The molecular formula is C25H35BrN4O13. The minimum absolute atomic E-state index is 0.105. The third kappa shape index (κ3) is 10.5. The largest absolute Gasteiger partial charge is 0.467 e. The molecule has 1 fully saturated rings. The lowest BCUT2D eigenvalue weighted by atomic mass is 9.97. The van der Waals surface area contributed by atoms with Crippen LogP contribution in [0.1, 0.15) is 60.4 Å². The van der Waals surface area contributed by atoms with E-state index < -0.39 is 84.8 Å². The van der Waals surface area contributed by atoms with Crippen LogP contribution in [0.5, 0.6) is 0 Å². The van der Waals surface area contributed by atoms with Gasteiger partial charge in [-0.25, -0.2) is 14.3 Å². The maximum absolute atomic E-state index is 12.5. The van der Waals surface area contributed by atoms with E-state index in [-0.39, 0.29) is 16.7 Å². The molecule has 1 amide bonds. The number of rotatable bonds is 10. The molecule has 1 aliphatic rings. The van der Waals surface area contributed by atoms with Crippen LogP contribution in [0.3, 0.4) is 0 Å². The Balaban J connectivity index is 2.54. The van der Waals surface area contributed by atoms with E-state index in [0.717, 1.165) is 39.5 Å². The number of alkyl carbamates (subject to hydrolysis) is 1. The van der Waals surface area contributed by atoms with E-state index in [1.807, 2.05) is 0 Å². The van der Waals surface area contributed by atoms with Gasteiger partial charge in [0.1, 0.15) is 29.0 Å². The Morgan fingerprint density at radius 3 is 2.00 bits per heavy atom. The Labute approximate surface area is 255 Å². The van der Waals surface area contributed by atoms with Crippen molar-refractivity contribution in [1.29, 1.82) is 0 Å². The summed E-state index contributed by atoms with van der Waals surface area (Å²) >= 11 is 3.35. The van der Waals surface area contributed by atoms with Crippen LogP contribution in [0.15, 0.2) is 4.60 Å². The summed E-state index contributed by atoms with van der Waals surface area (Å²) in [5, 5.41) is 10.5. The molecule has 2 heterocycles. The molecule has 1 N–H and O–H groups in total. The standard InChI is InChI=1S/C25H35BrN4O13/c1-11(31)38-10-17-18(39-12(2)32)19(40-13(3)33)20(41-14(4)34)22(42-17)30-21(26)15(28-29-30)9-16(23(35)37-8)27-24(36)43-25(5,6)7/h16-20,22H,9-10H2,1-8H3,(H,27,36)/t16-,17?,18-,19?,20?,22+/m0/s1. The molecule has 18 heteroatoms. The number of hydrogen-bond acceptors (Lipinski definition) is 15. The summed E-state index contributed by atoms with van der Waals surface area (Å²) in [6, 6.07) is -1.25. The van der Waals surface area contributed by atoms with Gasteiger partial charge in [-0.1, -0.05) is 5.21 Å². The number of nitrogens with zero attached hydrogens (tertiary/aromatic N) is 3. The zero-order chi connectivity index (χ0) is 32.6. The molecule has 6 atom stereocenters. The van der Waals surface area contributed by atoms with E-state index in [2.05, 4.69) is 31.6 Å². The van der Waals surface area contributed by atoms with Gasteiger partial charge in [0.2, 0.25) is 0 Å². The highest BCUT2D eigenvalue weighted by Gasteiger charge is 2.53. The fourth-order valence-corrected chi connectivity index (χ4v) is 4.50. The summed E-state index contributed by atoms with van der Waals surface area (Å²) in [7, 11) is 1.13. The van der Waals surface area contributed by atoms with Crippen LogP contribution in [0.25, 0.3) is 0 Å². The normalized spacial score (nSPS) is 22.4. The molecule has 1 aromatic rings. The van der Waals surface area contributed by atoms with E-state index in [1.54, 1.807) is 20.8 Å². The molecule has 1 aliphatic heterocycles. The van der Waals surface area contributed by atoms with Gasteiger partial charge < -0.3 is 38.5 Å². The SMILES string of the molecule is COC(=O)[C@H](Cc1nnn([C@@H]2OC(COC(C)=O)[C@H](OC(C)=O)C(OC(C)=O)C2OC(C)=O)c1Br)NC(=O)OC(C)(C)C. The van der Waals surface area contributed by atoms with Crippen molar-refractivity contribution in [2.24, 2.45) is 0 Å². The van der Waals surface area contributed by atoms with Crippen LogP contribution in [0, 0.1) is 0 Å². The maximum Gasteiger partial charge on any atom is 0.408 e. The third-order valence-electron chi connectivity index (χ3n) is 5.48. The minimum Gasteiger partial charge on any atom is -0.467 e. The third-order valence-corrected chi connectivity index (χ3v) is 6.30. The molecule has 1 aromatic heterocycles. The lowest BCUT2D eigenvalue weighted by molar-refractivity contribution is -0.271. The summed E-state index contributed by atoms with van der Waals surface area (Å²) in [6.45, 7) is 8.94. The van der Waals surface area contributed by atoms with Crippen LogP contribution in [0.4, 0.5) is 4.79 Å². The minimum atomic E-state index is -1.46. The summed E-state index contributed by atoms with van der Waals surface area (Å²) < 4.78 is 38.7. The zero-order valence-corrected chi connectivity index (χ0v) is 26.5. The van der Waals surface area contributed by atoms with Crippen molar-refractivity contribution in [3.63, 3.8) is 0 Å². The van der Waals surface area contributed by atoms with E-state index in [9.17, 15) is 28.8 Å². The number of halogens is 1. The van der Waals surface area contributed by atoms with Gasteiger partial charge in [0.05, 0.1) is 12.8 Å². The highest BCUT2D eigenvalue weighted by Crippen LogP contribution is 2.36. The van der Waals surface area contributed by atoms with Crippen LogP contribution in [-0.4, -0.2) is 101 Å². The Hall–Kier alpha value is -3.80.